The maximum atomic E-state index is 11.8. The van der Waals surface area contributed by atoms with Crippen LogP contribution >= 0.6 is 0 Å². The molecule has 1 heterocycles. The smallest absolute Gasteiger partial charge is 0.253 e. The Bertz CT molecular complexity index is 347. The molecule has 1 amide bonds. The molecule has 1 aromatic rings. The van der Waals surface area contributed by atoms with Gasteiger partial charge in [-0.05, 0) is 25.0 Å². The van der Waals surface area contributed by atoms with Crippen LogP contribution in [0.5, 0.6) is 0 Å². The summed E-state index contributed by atoms with van der Waals surface area (Å²) in [6.45, 7) is 5.72. The molecule has 88 valence electrons. The molecule has 0 saturated heterocycles. The van der Waals surface area contributed by atoms with Crippen LogP contribution in [-0.2, 0) is 0 Å². The Labute approximate surface area is 95.7 Å². The highest BCUT2D eigenvalue weighted by Crippen LogP contribution is 2.04. The quantitative estimate of drug-likeness (QED) is 0.803. The summed E-state index contributed by atoms with van der Waals surface area (Å²) >= 11 is 0. The van der Waals surface area contributed by atoms with Gasteiger partial charge in [0.2, 0.25) is 0 Å². The zero-order valence-corrected chi connectivity index (χ0v) is 9.90. The van der Waals surface area contributed by atoms with E-state index in [1.165, 1.54) is 0 Å². The van der Waals surface area contributed by atoms with Gasteiger partial charge in [0.15, 0.2) is 0 Å². The van der Waals surface area contributed by atoms with E-state index in [4.69, 9.17) is 5.11 Å². The minimum Gasteiger partial charge on any atom is -0.394 e. The summed E-state index contributed by atoms with van der Waals surface area (Å²) in [4.78, 5) is 15.8. The van der Waals surface area contributed by atoms with Gasteiger partial charge >= 0.3 is 0 Å². The molecule has 0 aliphatic carbocycles. The van der Waals surface area contributed by atoms with Crippen LogP contribution in [0, 0.1) is 12.8 Å². The van der Waals surface area contributed by atoms with E-state index < -0.39 is 0 Å². The summed E-state index contributed by atoms with van der Waals surface area (Å²) in [5, 5.41) is 11.9. The molecule has 0 bridgehead atoms. The van der Waals surface area contributed by atoms with E-state index in [1.807, 2.05) is 20.8 Å². The Morgan fingerprint density at radius 2 is 2.19 bits per heavy atom. The molecule has 0 radical (unpaired) electrons. The number of hydrogen-bond acceptors (Lipinski definition) is 3. The summed E-state index contributed by atoms with van der Waals surface area (Å²) in [6, 6.07) is 3.30. The number of aliphatic hydroxyl groups is 1. The van der Waals surface area contributed by atoms with Gasteiger partial charge in [0, 0.05) is 11.9 Å². The molecule has 0 saturated carbocycles. The highest BCUT2D eigenvalue weighted by Gasteiger charge is 2.16. The molecule has 4 nitrogen and oxygen atoms in total. The number of aromatic nitrogens is 1. The molecule has 16 heavy (non-hydrogen) atoms. The summed E-state index contributed by atoms with van der Waals surface area (Å²) in [7, 11) is 0. The number of pyridine rings is 1. The Kier molecular flexibility index (Phi) is 4.43. The van der Waals surface area contributed by atoms with Crippen LogP contribution in [0.15, 0.2) is 18.3 Å². The van der Waals surface area contributed by atoms with Crippen LogP contribution in [0.4, 0.5) is 0 Å². The second-order valence-electron chi connectivity index (χ2n) is 4.19. The molecule has 0 fully saturated rings. The van der Waals surface area contributed by atoms with Crippen molar-refractivity contribution in [3.8, 4) is 0 Å². The van der Waals surface area contributed by atoms with E-state index in [2.05, 4.69) is 10.3 Å². The van der Waals surface area contributed by atoms with Crippen molar-refractivity contribution in [2.75, 3.05) is 6.61 Å². The van der Waals surface area contributed by atoms with E-state index in [9.17, 15) is 4.79 Å². The van der Waals surface area contributed by atoms with Gasteiger partial charge in [0.05, 0.1) is 18.2 Å². The second kappa shape index (κ2) is 5.61. The number of nitrogens with one attached hydrogen (secondary N) is 1. The third-order valence-corrected chi connectivity index (χ3v) is 2.49. The summed E-state index contributed by atoms with van der Waals surface area (Å²) in [6.07, 6.45) is 1.54. The molecule has 1 atom stereocenters. The van der Waals surface area contributed by atoms with Crippen LogP contribution in [-0.4, -0.2) is 28.6 Å². The number of hydrogen-bond donors (Lipinski definition) is 2. The van der Waals surface area contributed by atoms with Gasteiger partial charge in [-0.2, -0.15) is 0 Å². The van der Waals surface area contributed by atoms with Gasteiger partial charge in [-0.15, -0.1) is 0 Å². The molecule has 0 unspecified atom stereocenters. The first-order chi connectivity index (χ1) is 7.54. The molecule has 0 aliphatic heterocycles. The summed E-state index contributed by atoms with van der Waals surface area (Å²) in [5.41, 5.74) is 1.39. The van der Waals surface area contributed by atoms with Gasteiger partial charge in [-0.1, -0.05) is 13.8 Å². The number of amides is 1. The number of rotatable bonds is 4. The van der Waals surface area contributed by atoms with E-state index in [0.717, 1.165) is 5.69 Å². The van der Waals surface area contributed by atoms with E-state index in [-0.39, 0.29) is 24.5 Å². The van der Waals surface area contributed by atoms with Crippen LogP contribution in [0.1, 0.15) is 29.9 Å². The van der Waals surface area contributed by atoms with Crippen molar-refractivity contribution in [2.24, 2.45) is 5.92 Å². The highest BCUT2D eigenvalue weighted by atomic mass is 16.3. The van der Waals surface area contributed by atoms with E-state index in [0.29, 0.717) is 5.56 Å². The lowest BCUT2D eigenvalue weighted by Crippen LogP contribution is -2.41. The second-order valence-corrected chi connectivity index (χ2v) is 4.19. The van der Waals surface area contributed by atoms with Crippen molar-refractivity contribution in [3.63, 3.8) is 0 Å². The number of carbonyl (C=O) groups excluding carboxylic acids is 1. The van der Waals surface area contributed by atoms with Gasteiger partial charge in [-0.3, -0.25) is 9.78 Å². The van der Waals surface area contributed by atoms with Crippen molar-refractivity contribution in [1.29, 1.82) is 0 Å². The highest BCUT2D eigenvalue weighted by molar-refractivity contribution is 5.94. The number of carbonyl (C=O) groups is 1. The van der Waals surface area contributed by atoms with Crippen LogP contribution in [0.3, 0.4) is 0 Å². The Hall–Kier alpha value is -1.42. The number of aryl methyl sites for hydroxylation is 1. The van der Waals surface area contributed by atoms with Crippen molar-refractivity contribution in [3.05, 3.63) is 29.6 Å². The minimum atomic E-state index is -0.214. The Morgan fingerprint density at radius 1 is 1.50 bits per heavy atom. The maximum Gasteiger partial charge on any atom is 0.253 e. The molecule has 2 N–H and O–H groups in total. The van der Waals surface area contributed by atoms with E-state index in [1.54, 1.807) is 18.3 Å². The average molecular weight is 222 g/mol. The molecule has 1 aromatic heterocycles. The van der Waals surface area contributed by atoms with Gasteiger partial charge < -0.3 is 10.4 Å². The molecule has 0 aliphatic rings. The van der Waals surface area contributed by atoms with Crippen molar-refractivity contribution in [1.82, 2.24) is 10.3 Å². The van der Waals surface area contributed by atoms with Crippen molar-refractivity contribution < 1.29 is 9.90 Å². The Morgan fingerprint density at radius 3 is 2.62 bits per heavy atom. The zero-order valence-electron chi connectivity index (χ0n) is 9.90. The van der Waals surface area contributed by atoms with Crippen LogP contribution in [0.25, 0.3) is 0 Å². The SMILES string of the molecule is Cc1ccc(C(=O)N[C@H](CO)C(C)C)cn1. The summed E-state index contributed by atoms with van der Waals surface area (Å²) < 4.78 is 0. The first kappa shape index (κ1) is 12.6. The molecule has 0 aromatic carbocycles. The topological polar surface area (TPSA) is 62.2 Å². The third-order valence-electron chi connectivity index (χ3n) is 2.49. The average Bonchev–Trinajstić information content (AvgIpc) is 2.26. The fraction of sp³-hybridized carbons (Fsp3) is 0.500. The minimum absolute atomic E-state index is 0.0529. The van der Waals surface area contributed by atoms with Crippen molar-refractivity contribution >= 4 is 5.91 Å². The van der Waals surface area contributed by atoms with Crippen molar-refractivity contribution in [2.45, 2.75) is 26.8 Å². The molecule has 4 heteroatoms. The lowest BCUT2D eigenvalue weighted by Gasteiger charge is -2.19. The first-order valence-corrected chi connectivity index (χ1v) is 5.39. The monoisotopic (exact) mass is 222 g/mol. The lowest BCUT2D eigenvalue weighted by molar-refractivity contribution is 0.0896. The zero-order chi connectivity index (χ0) is 12.1. The van der Waals surface area contributed by atoms with Gasteiger partial charge in [0.25, 0.3) is 5.91 Å². The molecular formula is C12H18N2O2. The number of aliphatic hydroxyl groups excluding tert-OH is 1. The summed E-state index contributed by atoms with van der Waals surface area (Å²) in [5.74, 6) is 0.00704. The molecule has 0 spiro atoms. The third kappa shape index (κ3) is 3.31. The van der Waals surface area contributed by atoms with Crippen LogP contribution in [0.2, 0.25) is 0 Å². The lowest BCUT2D eigenvalue weighted by atomic mass is 10.1. The normalized spacial score (nSPS) is 12.6. The predicted octanol–water partition coefficient (Wildman–Crippen LogP) is 1.14. The largest absolute Gasteiger partial charge is 0.394 e. The fourth-order valence-corrected chi connectivity index (χ4v) is 1.28. The number of nitrogens with zero attached hydrogens (tertiary/aromatic N) is 1. The Balaban J connectivity index is 2.68. The first-order valence-electron chi connectivity index (χ1n) is 5.39. The standard InChI is InChI=1S/C12H18N2O2/c1-8(2)11(7-15)14-12(16)10-5-4-9(3)13-6-10/h4-6,8,11,15H,7H2,1-3H3,(H,14,16)/t11-/m1/s1. The molecule has 1 rings (SSSR count). The van der Waals surface area contributed by atoms with Crippen LogP contribution < -0.4 is 5.32 Å². The van der Waals surface area contributed by atoms with E-state index >= 15 is 0 Å². The predicted molar refractivity (Wildman–Crippen MR) is 62.2 cm³/mol. The maximum absolute atomic E-state index is 11.8. The fourth-order valence-electron chi connectivity index (χ4n) is 1.28. The molecular weight excluding hydrogens is 204 g/mol. The van der Waals surface area contributed by atoms with Gasteiger partial charge in [-0.25, -0.2) is 0 Å². The van der Waals surface area contributed by atoms with Gasteiger partial charge in [0.1, 0.15) is 0 Å².